The Kier molecular flexibility index (Phi) is 4.79. The molecule has 0 bridgehead atoms. The van der Waals surface area contributed by atoms with E-state index in [1.165, 1.54) is 12.3 Å². The molecule has 1 fully saturated rings. The number of aliphatic hydroxyl groups is 2. The van der Waals surface area contributed by atoms with Crippen molar-refractivity contribution in [2.45, 2.75) is 24.5 Å². The monoisotopic (exact) mass is 417 g/mol. The van der Waals surface area contributed by atoms with Crippen LogP contribution in [0, 0.1) is 0 Å². The van der Waals surface area contributed by atoms with Gasteiger partial charge in [-0.25, -0.2) is 4.79 Å². The van der Waals surface area contributed by atoms with Gasteiger partial charge in [0.2, 0.25) is 6.61 Å². The Labute approximate surface area is 123 Å². The summed E-state index contributed by atoms with van der Waals surface area (Å²) in [6.45, 7) is -0.751. The highest BCUT2D eigenvalue weighted by atomic mass is 127. The summed E-state index contributed by atoms with van der Waals surface area (Å²) in [6, 6.07) is 1.28. The average Bonchev–Trinajstić information content (AvgIpc) is 2.64. The number of nitrogens with zero attached hydrogens (tertiary/aromatic N) is 2. The van der Waals surface area contributed by atoms with Crippen LogP contribution in [0.1, 0.15) is 6.23 Å². The number of aliphatic hydroxyl groups excluding tert-OH is 2. The molecule has 11 nitrogen and oxygen atoms in total. The highest BCUT2D eigenvalue weighted by Crippen LogP contribution is 2.28. The fourth-order valence-electron chi connectivity index (χ4n) is 1.86. The number of halogens is 1. The van der Waals surface area contributed by atoms with Crippen LogP contribution in [0.15, 0.2) is 17.1 Å². The minimum Gasteiger partial charge on any atom is -0.387 e. The Morgan fingerprint density at radius 2 is 2.10 bits per heavy atom. The largest absolute Gasteiger partial charge is 0.387 e. The van der Waals surface area contributed by atoms with E-state index >= 15 is 0 Å². The van der Waals surface area contributed by atoms with Gasteiger partial charge in [0.15, 0.2) is 6.23 Å². The van der Waals surface area contributed by atoms with Gasteiger partial charge in [0.25, 0.3) is 0 Å². The minimum atomic E-state index is -5.92. The molecule has 4 N–H and O–H groups in total. The van der Waals surface area contributed by atoms with Gasteiger partial charge in [-0.1, -0.05) is 0 Å². The molecular formula is C9H12IN3O8. The number of rotatable bonds is 4. The zero-order valence-electron chi connectivity index (χ0n) is 10.4. The molecule has 0 unspecified atom stereocenters. The van der Waals surface area contributed by atoms with Crippen LogP contribution in [-0.4, -0.2) is 44.7 Å². The van der Waals surface area contributed by atoms with E-state index in [9.17, 15) is 25.3 Å². The predicted octanol–water partition coefficient (Wildman–Crippen LogP) is -8.64. The lowest BCUT2D eigenvalue weighted by molar-refractivity contribution is -1.92. The molecule has 1 saturated heterocycles. The fourth-order valence-corrected chi connectivity index (χ4v) is 2.65. The van der Waals surface area contributed by atoms with Crippen LogP contribution in [0.5, 0.6) is 0 Å². The third-order valence-electron chi connectivity index (χ3n) is 2.82. The van der Waals surface area contributed by atoms with Gasteiger partial charge in [0.05, 0.1) is 0 Å². The van der Waals surface area contributed by atoms with Gasteiger partial charge in [-0.3, -0.25) is 14.9 Å². The van der Waals surface area contributed by atoms with E-state index in [4.69, 9.17) is 10.5 Å². The molecule has 1 aliphatic heterocycles. The van der Waals surface area contributed by atoms with Gasteiger partial charge >= 0.3 is 25.8 Å². The van der Waals surface area contributed by atoms with Crippen LogP contribution < -0.4 is 41.8 Å². The quantitative estimate of drug-likeness (QED) is 0.397. The van der Waals surface area contributed by atoms with Crippen molar-refractivity contribution in [3.63, 3.8) is 0 Å². The van der Waals surface area contributed by atoms with Crippen LogP contribution in [0.25, 0.3) is 0 Å². The maximum atomic E-state index is 11.6. The predicted molar refractivity (Wildman–Crippen MR) is 54.8 cm³/mol. The third kappa shape index (κ3) is 3.86. The van der Waals surface area contributed by atoms with Crippen molar-refractivity contribution in [3.05, 3.63) is 22.7 Å². The molecule has 12 heteroatoms. The first-order chi connectivity index (χ1) is 9.69. The van der Waals surface area contributed by atoms with Crippen molar-refractivity contribution in [2.75, 3.05) is 12.3 Å². The van der Waals surface area contributed by atoms with Gasteiger partial charge in [0, 0.05) is 9.26 Å². The van der Waals surface area contributed by atoms with Gasteiger partial charge < -0.3 is 20.7 Å². The lowest BCUT2D eigenvalue weighted by Gasteiger charge is -2.16. The van der Waals surface area contributed by atoms with E-state index in [-0.39, 0.29) is 5.82 Å². The molecule has 118 valence electrons. The standard InChI is InChI=1S/C9H12IN3O8/c11-5-1-2-13(9(16)12-5)8-7(15)6(14)4(21-8)3-20-10(17,18)19/h1-2,4,6-8,14-15H,3H2,(H2,11,12,16)/t4-,6-,7-,8-/m1/s1. The lowest BCUT2D eigenvalue weighted by Crippen LogP contribution is -4.24. The molecule has 0 spiro atoms. The second-order valence-electron chi connectivity index (χ2n) is 4.24. The number of ether oxygens (including phenoxy) is 1. The Balaban J connectivity index is 2.14. The number of anilines is 1. The van der Waals surface area contributed by atoms with Crippen LogP contribution in [0.4, 0.5) is 5.82 Å². The molecule has 21 heavy (non-hydrogen) atoms. The molecule has 0 amide bonds. The van der Waals surface area contributed by atoms with Crippen LogP contribution in [-0.2, 0) is 7.80 Å². The van der Waals surface area contributed by atoms with E-state index in [2.05, 4.69) is 8.05 Å². The van der Waals surface area contributed by atoms with Gasteiger partial charge in [-0.05, 0) is 6.07 Å². The molecule has 0 radical (unpaired) electrons. The van der Waals surface area contributed by atoms with Crippen molar-refractivity contribution in [1.29, 1.82) is 0 Å². The minimum absolute atomic E-state index is 0.0363. The van der Waals surface area contributed by atoms with Crippen molar-refractivity contribution < 1.29 is 48.4 Å². The van der Waals surface area contributed by atoms with Crippen LogP contribution in [0.2, 0.25) is 0 Å². The number of hydrogen-bond donors (Lipinski definition) is 3. The smallest absolute Gasteiger partial charge is 0.372 e. The summed E-state index contributed by atoms with van der Waals surface area (Å²) in [7, 11) is 0. The first-order valence-corrected chi connectivity index (χ1v) is 9.13. The molecule has 2 heterocycles. The maximum Gasteiger partial charge on any atom is 0.372 e. The summed E-state index contributed by atoms with van der Waals surface area (Å²) in [6.07, 6.45) is -4.46. The Bertz CT molecular complexity index is 561. The van der Waals surface area contributed by atoms with Crippen molar-refractivity contribution in [1.82, 2.24) is 9.55 Å². The normalized spacial score (nSPS) is 29.8. The third-order valence-corrected chi connectivity index (χ3v) is 3.95. The summed E-state index contributed by atoms with van der Waals surface area (Å²) in [5.74, 6) is -0.0363. The number of hydrogen-bond acceptors (Lipinski definition) is 10. The summed E-state index contributed by atoms with van der Waals surface area (Å²) in [5.41, 5.74) is 4.49. The Morgan fingerprint density at radius 3 is 2.67 bits per heavy atom. The van der Waals surface area contributed by atoms with Crippen molar-refractivity contribution >= 4 is 5.82 Å². The number of nitrogens with two attached hydrogens (primary N) is 1. The average molecular weight is 417 g/mol. The zero-order chi connectivity index (χ0) is 15.8. The molecule has 1 aromatic rings. The first kappa shape index (κ1) is 16.5. The van der Waals surface area contributed by atoms with Crippen molar-refractivity contribution in [3.8, 4) is 0 Å². The first-order valence-electron chi connectivity index (χ1n) is 5.60. The number of nitrogen functional groups attached to an aromatic ring is 1. The van der Waals surface area contributed by atoms with E-state index in [0.29, 0.717) is 0 Å². The summed E-state index contributed by atoms with van der Waals surface area (Å²) >= 11 is -5.92. The summed E-state index contributed by atoms with van der Waals surface area (Å²) < 4.78 is 41.5. The SMILES string of the molecule is Nc1ccn([C@@H]2O[C@H](CO[I+3]([O-])([O-])[O-])[C@@H](O)[C@H]2O)c(=O)n1. The Morgan fingerprint density at radius 1 is 1.43 bits per heavy atom. The topological polar surface area (TPSA) is 189 Å². The van der Waals surface area contributed by atoms with E-state index < -0.39 is 56.9 Å². The molecule has 4 atom stereocenters. The fraction of sp³-hybridized carbons (Fsp3) is 0.556. The maximum absolute atomic E-state index is 11.6. The second kappa shape index (κ2) is 6.09. The molecule has 1 aromatic heterocycles. The molecule has 0 saturated carbocycles. The van der Waals surface area contributed by atoms with Crippen molar-refractivity contribution in [2.24, 2.45) is 0 Å². The molecule has 2 rings (SSSR count). The zero-order valence-corrected chi connectivity index (χ0v) is 12.5. The van der Waals surface area contributed by atoms with Crippen LogP contribution >= 0.6 is 0 Å². The number of aromatic nitrogens is 2. The van der Waals surface area contributed by atoms with Gasteiger partial charge in [-0.2, -0.15) is 4.98 Å². The second-order valence-corrected chi connectivity index (χ2v) is 7.02. The highest BCUT2D eigenvalue weighted by Gasteiger charge is 2.47. The summed E-state index contributed by atoms with van der Waals surface area (Å²) in [4.78, 5) is 15.1. The molecule has 0 aliphatic carbocycles. The van der Waals surface area contributed by atoms with Gasteiger partial charge in [0.1, 0.15) is 24.1 Å². The lowest BCUT2D eigenvalue weighted by atomic mass is 10.1. The molecular weight excluding hydrogens is 405 g/mol. The Hall–Kier alpha value is -0.870. The highest BCUT2D eigenvalue weighted by molar-refractivity contribution is 5.23. The summed E-state index contributed by atoms with van der Waals surface area (Å²) in [5, 5.41) is 19.6. The van der Waals surface area contributed by atoms with Gasteiger partial charge in [-0.15, -0.1) is 0 Å². The van der Waals surface area contributed by atoms with Crippen LogP contribution in [0.3, 0.4) is 0 Å². The van der Waals surface area contributed by atoms with E-state index in [0.717, 1.165) is 4.57 Å². The van der Waals surface area contributed by atoms with E-state index in [1.54, 1.807) is 0 Å². The van der Waals surface area contributed by atoms with E-state index in [1.807, 2.05) is 0 Å². The molecule has 0 aromatic carbocycles. The molecule has 1 aliphatic rings.